The Morgan fingerprint density at radius 2 is 1.90 bits per heavy atom. The molecule has 1 aromatic heterocycles. The molecule has 2 atom stereocenters. The van der Waals surface area contributed by atoms with E-state index >= 15 is 0 Å². The first kappa shape index (κ1) is 19.8. The lowest BCUT2D eigenvalue weighted by Crippen LogP contribution is -2.49. The zero-order valence-corrected chi connectivity index (χ0v) is 18.3. The Labute approximate surface area is 179 Å². The second-order valence-electron chi connectivity index (χ2n) is 8.93. The van der Waals surface area contributed by atoms with Crippen molar-refractivity contribution in [1.29, 1.82) is 0 Å². The van der Waals surface area contributed by atoms with Crippen molar-refractivity contribution >= 4 is 33.2 Å². The minimum atomic E-state index is -3.89. The van der Waals surface area contributed by atoms with Gasteiger partial charge in [-0.2, -0.15) is 4.31 Å². The summed E-state index contributed by atoms with van der Waals surface area (Å²) in [5.74, 6) is -0.233. The van der Waals surface area contributed by atoms with Gasteiger partial charge in [-0.25, -0.2) is 8.42 Å². The maximum atomic E-state index is 13.7. The Bertz CT molecular complexity index is 1250. The second-order valence-corrected chi connectivity index (χ2v) is 11.3. The highest BCUT2D eigenvalue weighted by molar-refractivity contribution is 7.89. The van der Waals surface area contributed by atoms with Crippen LogP contribution in [0.3, 0.4) is 0 Å². The maximum Gasteiger partial charge on any atom is 0.250 e. The SMILES string of the molecule is CC1(C)C(=O)Nc2c1cc(Cl)cc2S(=O)(=O)N1CC2CC(C1)c1cccc(=O)n1C2. The minimum absolute atomic E-state index is 0.0364. The number of hydrogen-bond donors (Lipinski definition) is 1. The number of anilines is 1. The molecule has 9 heteroatoms. The van der Waals surface area contributed by atoms with Gasteiger partial charge in [0.2, 0.25) is 15.9 Å². The zero-order chi connectivity index (χ0) is 21.4. The third-order valence-electron chi connectivity index (χ3n) is 6.61. The summed E-state index contributed by atoms with van der Waals surface area (Å²) in [6.07, 6.45) is 0.854. The van der Waals surface area contributed by atoms with Gasteiger partial charge in [-0.1, -0.05) is 17.7 Å². The molecule has 30 heavy (non-hydrogen) atoms. The van der Waals surface area contributed by atoms with E-state index in [1.165, 1.54) is 10.4 Å². The zero-order valence-electron chi connectivity index (χ0n) is 16.7. The van der Waals surface area contributed by atoms with Crippen LogP contribution in [0.25, 0.3) is 0 Å². The standard InChI is InChI=1S/C21H22ClN3O4S/c1-21(2)15-7-14(22)8-17(19(15)23-20(21)27)30(28,29)24-9-12-6-13(11-24)16-4-3-5-18(26)25(16)10-12/h3-5,7-8,12-13H,6,9-11H2,1-2H3,(H,23,27). The lowest BCUT2D eigenvalue weighted by Gasteiger charge is -2.42. The number of carbonyl (C=O) groups excluding carboxylic acids is 1. The van der Waals surface area contributed by atoms with E-state index in [2.05, 4.69) is 5.32 Å². The quantitative estimate of drug-likeness (QED) is 0.766. The number of rotatable bonds is 2. The maximum absolute atomic E-state index is 13.7. The summed E-state index contributed by atoms with van der Waals surface area (Å²) in [5.41, 5.74) is 0.887. The van der Waals surface area contributed by atoms with Crippen molar-refractivity contribution in [2.45, 2.75) is 43.0 Å². The number of hydrogen-bond acceptors (Lipinski definition) is 4. The first-order valence-electron chi connectivity index (χ1n) is 9.94. The molecule has 0 saturated carbocycles. The molecule has 7 nitrogen and oxygen atoms in total. The smallest absolute Gasteiger partial charge is 0.250 e. The van der Waals surface area contributed by atoms with Gasteiger partial charge in [0.25, 0.3) is 5.56 Å². The van der Waals surface area contributed by atoms with Gasteiger partial charge in [0.05, 0.1) is 11.1 Å². The fraction of sp³-hybridized carbons (Fsp3) is 0.429. The van der Waals surface area contributed by atoms with Crippen molar-refractivity contribution in [3.8, 4) is 0 Å². The van der Waals surface area contributed by atoms with Gasteiger partial charge in [-0.05, 0) is 49.9 Å². The van der Waals surface area contributed by atoms with Crippen LogP contribution >= 0.6 is 11.6 Å². The summed E-state index contributed by atoms with van der Waals surface area (Å²) in [5, 5.41) is 3.04. The average Bonchev–Trinajstić information content (AvgIpc) is 2.91. The normalized spacial score (nSPS) is 24.8. The summed E-state index contributed by atoms with van der Waals surface area (Å²) in [4.78, 5) is 24.7. The van der Waals surface area contributed by atoms with Crippen LogP contribution in [0.5, 0.6) is 0 Å². The van der Waals surface area contributed by atoms with Crippen molar-refractivity contribution in [3.63, 3.8) is 0 Å². The molecule has 1 N–H and O–H groups in total. The molecule has 5 rings (SSSR count). The van der Waals surface area contributed by atoms with E-state index in [-0.39, 0.29) is 33.2 Å². The van der Waals surface area contributed by atoms with Crippen LogP contribution in [-0.2, 0) is 26.8 Å². The number of nitrogens with one attached hydrogen (secondary N) is 1. The van der Waals surface area contributed by atoms with Gasteiger partial charge in [0.1, 0.15) is 4.90 Å². The van der Waals surface area contributed by atoms with Gasteiger partial charge in [-0.3, -0.25) is 9.59 Å². The molecule has 1 amide bonds. The highest BCUT2D eigenvalue weighted by Crippen LogP contribution is 2.45. The van der Waals surface area contributed by atoms with Gasteiger partial charge >= 0.3 is 0 Å². The first-order valence-corrected chi connectivity index (χ1v) is 11.8. The Hall–Kier alpha value is -2.16. The van der Waals surface area contributed by atoms with Gasteiger partial charge in [-0.15, -0.1) is 0 Å². The van der Waals surface area contributed by atoms with E-state index in [9.17, 15) is 18.0 Å². The molecule has 2 aromatic rings. The number of pyridine rings is 1. The number of amides is 1. The van der Waals surface area contributed by atoms with E-state index in [0.717, 1.165) is 12.1 Å². The Balaban J connectivity index is 1.57. The highest BCUT2D eigenvalue weighted by atomic mass is 35.5. The van der Waals surface area contributed by atoms with Crippen molar-refractivity contribution in [1.82, 2.24) is 8.87 Å². The largest absolute Gasteiger partial charge is 0.324 e. The molecule has 2 bridgehead atoms. The molecule has 0 spiro atoms. The summed E-state index contributed by atoms with van der Waals surface area (Å²) in [6.45, 7) is 4.63. The predicted octanol–water partition coefficient (Wildman–Crippen LogP) is 2.54. The molecule has 1 saturated heterocycles. The van der Waals surface area contributed by atoms with Crippen LogP contribution < -0.4 is 10.9 Å². The second kappa shape index (κ2) is 6.42. The van der Waals surface area contributed by atoms with E-state index in [4.69, 9.17) is 11.6 Å². The van der Waals surface area contributed by atoms with E-state index in [1.807, 2.05) is 6.07 Å². The fourth-order valence-electron chi connectivity index (χ4n) is 4.99. The van der Waals surface area contributed by atoms with E-state index in [0.29, 0.717) is 30.9 Å². The van der Waals surface area contributed by atoms with Crippen LogP contribution in [0, 0.1) is 5.92 Å². The number of carbonyl (C=O) groups is 1. The molecule has 3 aliphatic rings. The van der Waals surface area contributed by atoms with Gasteiger partial charge in [0, 0.05) is 42.3 Å². The van der Waals surface area contributed by atoms with E-state index in [1.54, 1.807) is 36.6 Å². The predicted molar refractivity (Wildman–Crippen MR) is 113 cm³/mol. The molecule has 1 fully saturated rings. The molecule has 4 heterocycles. The van der Waals surface area contributed by atoms with Crippen LogP contribution in [0.15, 0.2) is 40.0 Å². The van der Waals surface area contributed by atoms with Gasteiger partial charge in [0.15, 0.2) is 0 Å². The van der Waals surface area contributed by atoms with Crippen LogP contribution in [-0.4, -0.2) is 36.3 Å². The van der Waals surface area contributed by atoms with Crippen LogP contribution in [0.4, 0.5) is 5.69 Å². The lowest BCUT2D eigenvalue weighted by molar-refractivity contribution is -0.119. The molecular weight excluding hydrogens is 426 g/mol. The summed E-state index contributed by atoms with van der Waals surface area (Å²) in [6, 6.07) is 8.24. The Morgan fingerprint density at radius 3 is 2.67 bits per heavy atom. The third-order valence-corrected chi connectivity index (χ3v) is 8.68. The summed E-state index contributed by atoms with van der Waals surface area (Å²) >= 11 is 6.27. The van der Waals surface area contributed by atoms with Crippen molar-refractivity contribution in [2.75, 3.05) is 18.4 Å². The number of aromatic nitrogens is 1. The molecule has 3 aliphatic heterocycles. The topological polar surface area (TPSA) is 88.5 Å². The van der Waals surface area contributed by atoms with Gasteiger partial charge < -0.3 is 9.88 Å². The Kier molecular flexibility index (Phi) is 4.23. The molecule has 158 valence electrons. The third kappa shape index (κ3) is 2.77. The molecule has 2 unspecified atom stereocenters. The number of sulfonamides is 1. The van der Waals surface area contributed by atoms with Crippen LogP contribution in [0.2, 0.25) is 5.02 Å². The molecule has 0 aliphatic carbocycles. The fourth-order valence-corrected chi connectivity index (χ4v) is 7.03. The number of piperidine rings is 1. The van der Waals surface area contributed by atoms with E-state index < -0.39 is 15.4 Å². The average molecular weight is 448 g/mol. The highest BCUT2D eigenvalue weighted by Gasteiger charge is 2.45. The minimum Gasteiger partial charge on any atom is -0.324 e. The lowest BCUT2D eigenvalue weighted by atomic mass is 9.84. The van der Waals surface area contributed by atoms with Crippen molar-refractivity contribution in [3.05, 3.63) is 57.0 Å². The molecule has 1 aromatic carbocycles. The molecule has 0 radical (unpaired) electrons. The van der Waals surface area contributed by atoms with Crippen molar-refractivity contribution < 1.29 is 13.2 Å². The van der Waals surface area contributed by atoms with Crippen molar-refractivity contribution in [2.24, 2.45) is 5.92 Å². The Morgan fingerprint density at radius 1 is 1.13 bits per heavy atom. The monoisotopic (exact) mass is 447 g/mol. The van der Waals surface area contributed by atoms with Crippen LogP contribution in [0.1, 0.15) is 37.4 Å². The number of nitrogens with zero attached hydrogens (tertiary/aromatic N) is 2. The summed E-state index contributed by atoms with van der Waals surface area (Å²) < 4.78 is 30.6. The number of benzene rings is 1. The first-order chi connectivity index (χ1) is 14.1. The number of fused-ring (bicyclic) bond motifs is 5. The number of halogens is 1. The molecular formula is C21H22ClN3O4S. The summed E-state index contributed by atoms with van der Waals surface area (Å²) in [7, 11) is -3.89.